The molecule has 0 radical (unpaired) electrons. The molecule has 12 heteroatoms. The first kappa shape index (κ1) is 27.2. The number of aromatic nitrogens is 5. The fourth-order valence-electron chi connectivity index (χ4n) is 3.68. The van der Waals surface area contributed by atoms with Crippen LogP contribution in [0.25, 0.3) is 17.1 Å². The number of aliphatic hydroxyl groups is 1. The van der Waals surface area contributed by atoms with Crippen molar-refractivity contribution in [3.8, 4) is 22.8 Å². The van der Waals surface area contributed by atoms with Crippen LogP contribution in [0.4, 0.5) is 13.2 Å². The number of rotatable bonds is 6. The van der Waals surface area contributed by atoms with Gasteiger partial charge in [-0.3, -0.25) is 14.3 Å². The third kappa shape index (κ3) is 5.25. The lowest BCUT2D eigenvalue weighted by Crippen LogP contribution is -2.28. The van der Waals surface area contributed by atoms with E-state index in [1.54, 1.807) is 32.9 Å². The minimum atomic E-state index is -4.20. The van der Waals surface area contributed by atoms with Gasteiger partial charge in [0, 0.05) is 30.4 Å². The van der Waals surface area contributed by atoms with Crippen LogP contribution in [0.2, 0.25) is 5.02 Å². The predicted molar refractivity (Wildman–Crippen MR) is 134 cm³/mol. The third-order valence-corrected chi connectivity index (χ3v) is 5.92. The monoisotopic (exact) mass is 545 g/mol. The van der Waals surface area contributed by atoms with E-state index in [1.807, 2.05) is 0 Å². The first-order valence-electron chi connectivity index (χ1n) is 11.3. The van der Waals surface area contributed by atoms with E-state index in [1.165, 1.54) is 30.8 Å². The molecule has 0 aliphatic rings. The second-order valence-electron chi connectivity index (χ2n) is 9.25. The van der Waals surface area contributed by atoms with E-state index in [2.05, 4.69) is 19.9 Å². The molecular weight excluding hydrogens is 523 g/mol. The van der Waals surface area contributed by atoms with Gasteiger partial charge in [0.15, 0.2) is 23.1 Å². The van der Waals surface area contributed by atoms with Crippen LogP contribution in [0.3, 0.4) is 0 Å². The van der Waals surface area contributed by atoms with Gasteiger partial charge in [0.1, 0.15) is 10.6 Å². The molecule has 38 heavy (non-hydrogen) atoms. The Morgan fingerprint density at radius 1 is 1.03 bits per heavy atom. The van der Waals surface area contributed by atoms with E-state index in [0.717, 1.165) is 18.3 Å². The average molecular weight is 546 g/mol. The van der Waals surface area contributed by atoms with Crippen LogP contribution in [0, 0.1) is 26.6 Å². The maximum Gasteiger partial charge on any atom is 0.447 e. The Labute approximate surface area is 220 Å². The number of pyridine rings is 3. The molecule has 0 amide bonds. The molecule has 0 aliphatic carbocycles. The first-order chi connectivity index (χ1) is 17.7. The molecule has 4 rings (SSSR count). The van der Waals surface area contributed by atoms with Crippen molar-refractivity contribution in [2.24, 2.45) is 0 Å². The minimum absolute atomic E-state index is 0.178. The number of aryl methyl sites for hydroxylation is 3. The van der Waals surface area contributed by atoms with Gasteiger partial charge in [-0.05, 0) is 63.9 Å². The fraction of sp³-hybridized carbons (Fsp3) is 0.269. The normalized spacial score (nSPS) is 12.1. The summed E-state index contributed by atoms with van der Waals surface area (Å²) < 4.78 is 49.7. The smallest absolute Gasteiger partial charge is 0.426 e. The molecule has 4 heterocycles. The van der Waals surface area contributed by atoms with Crippen molar-refractivity contribution >= 4 is 11.6 Å². The lowest BCUT2D eigenvalue weighted by Gasteiger charge is -2.21. The van der Waals surface area contributed by atoms with E-state index < -0.39 is 39.6 Å². The van der Waals surface area contributed by atoms with Gasteiger partial charge < -0.3 is 9.84 Å². The Morgan fingerprint density at radius 3 is 2.39 bits per heavy atom. The van der Waals surface area contributed by atoms with Gasteiger partial charge in [0.2, 0.25) is 0 Å². The molecule has 0 bridgehead atoms. The number of hydrogen-bond donors (Lipinski definition) is 1. The van der Waals surface area contributed by atoms with E-state index in [0.29, 0.717) is 28.2 Å². The van der Waals surface area contributed by atoms with Gasteiger partial charge in [-0.1, -0.05) is 11.6 Å². The summed E-state index contributed by atoms with van der Waals surface area (Å²) in [5.74, 6) is -1.71. The first-order valence-corrected chi connectivity index (χ1v) is 11.7. The highest BCUT2D eigenvalue weighted by atomic mass is 35.5. The highest BCUT2D eigenvalue weighted by molar-refractivity contribution is 6.31. The summed E-state index contributed by atoms with van der Waals surface area (Å²) in [6.45, 7) is 7.80. The SMILES string of the molecule is Cc1cnc(C(F)(F)Oc2cc(C)n(-c3cc(-c4ccnc(C(C)(C)O)n4)ncc3C)c(=O)c2Cl)c(F)c1. The minimum Gasteiger partial charge on any atom is -0.426 e. The summed E-state index contributed by atoms with van der Waals surface area (Å²) in [6.07, 6.45) is -0.131. The van der Waals surface area contributed by atoms with Crippen LogP contribution in [0.15, 0.2) is 47.7 Å². The molecule has 4 aromatic heterocycles. The lowest BCUT2D eigenvalue weighted by atomic mass is 10.1. The van der Waals surface area contributed by atoms with Gasteiger partial charge in [-0.15, -0.1) is 0 Å². The van der Waals surface area contributed by atoms with Crippen molar-refractivity contribution in [3.05, 3.63) is 92.4 Å². The highest BCUT2D eigenvalue weighted by Crippen LogP contribution is 2.35. The Hall–Kier alpha value is -3.83. The standard InChI is InChI=1S/C26H23ClF3N5O3/c1-13-8-16(28)22(33-11-13)26(29,30)38-20-9-15(3)35(23(36)21(20)27)19-10-18(32-12-14(19)2)17-6-7-31-24(34-17)25(4,5)37/h6-12,37H,1-5H3. The molecule has 0 aliphatic heterocycles. The zero-order chi connectivity index (χ0) is 28.0. The van der Waals surface area contributed by atoms with Gasteiger partial charge in [0.05, 0.1) is 17.1 Å². The Kier molecular flexibility index (Phi) is 7.02. The zero-order valence-electron chi connectivity index (χ0n) is 21.1. The maximum absolute atomic E-state index is 14.8. The summed E-state index contributed by atoms with van der Waals surface area (Å²) in [6, 6.07) is 5.23. The molecule has 0 fully saturated rings. The van der Waals surface area contributed by atoms with Crippen LogP contribution >= 0.6 is 11.6 Å². The van der Waals surface area contributed by atoms with Gasteiger partial charge >= 0.3 is 6.11 Å². The number of halogens is 4. The molecule has 0 saturated heterocycles. The third-order valence-electron chi connectivity index (χ3n) is 5.57. The molecule has 0 spiro atoms. The van der Waals surface area contributed by atoms with Gasteiger partial charge in [0.25, 0.3) is 5.56 Å². The molecule has 1 N–H and O–H groups in total. The van der Waals surface area contributed by atoms with Crippen LogP contribution in [-0.4, -0.2) is 29.6 Å². The molecule has 0 atom stereocenters. The summed E-state index contributed by atoms with van der Waals surface area (Å²) in [7, 11) is 0. The van der Waals surface area contributed by atoms with Crippen LogP contribution < -0.4 is 10.3 Å². The molecule has 0 saturated carbocycles. The van der Waals surface area contributed by atoms with Crippen molar-refractivity contribution in [1.29, 1.82) is 0 Å². The number of alkyl halides is 2. The Morgan fingerprint density at radius 2 is 1.74 bits per heavy atom. The summed E-state index contributed by atoms with van der Waals surface area (Å²) in [5, 5.41) is 9.62. The topological polar surface area (TPSA) is 103 Å². The Balaban J connectivity index is 1.78. The van der Waals surface area contributed by atoms with Crippen molar-refractivity contribution in [2.75, 3.05) is 0 Å². The van der Waals surface area contributed by atoms with Gasteiger partial charge in [-0.2, -0.15) is 8.78 Å². The highest BCUT2D eigenvalue weighted by Gasteiger charge is 2.40. The average Bonchev–Trinajstić information content (AvgIpc) is 2.82. The van der Waals surface area contributed by atoms with Crippen LogP contribution in [0.5, 0.6) is 5.75 Å². The second kappa shape index (κ2) is 9.80. The van der Waals surface area contributed by atoms with Crippen molar-refractivity contribution in [1.82, 2.24) is 24.5 Å². The zero-order valence-corrected chi connectivity index (χ0v) is 21.8. The summed E-state index contributed by atoms with van der Waals surface area (Å²) >= 11 is 6.19. The van der Waals surface area contributed by atoms with Crippen molar-refractivity contribution in [3.63, 3.8) is 0 Å². The van der Waals surface area contributed by atoms with Crippen molar-refractivity contribution < 1.29 is 23.0 Å². The molecule has 198 valence electrons. The van der Waals surface area contributed by atoms with Crippen LogP contribution in [0.1, 0.15) is 42.2 Å². The number of ether oxygens (including phenoxy) is 1. The van der Waals surface area contributed by atoms with E-state index in [9.17, 15) is 23.1 Å². The van der Waals surface area contributed by atoms with Gasteiger partial charge in [-0.25, -0.2) is 19.3 Å². The molecule has 4 aromatic rings. The molecule has 0 aromatic carbocycles. The fourth-order valence-corrected chi connectivity index (χ4v) is 3.86. The number of nitrogens with zero attached hydrogens (tertiary/aromatic N) is 5. The van der Waals surface area contributed by atoms with E-state index in [4.69, 9.17) is 16.3 Å². The second-order valence-corrected chi connectivity index (χ2v) is 9.62. The molecule has 0 unspecified atom stereocenters. The summed E-state index contributed by atoms with van der Waals surface area (Å²) in [4.78, 5) is 29.5. The predicted octanol–water partition coefficient (Wildman–Crippen LogP) is 5.16. The lowest BCUT2D eigenvalue weighted by molar-refractivity contribution is -0.190. The van der Waals surface area contributed by atoms with E-state index >= 15 is 0 Å². The van der Waals surface area contributed by atoms with Crippen LogP contribution in [-0.2, 0) is 11.7 Å². The maximum atomic E-state index is 14.8. The molecular formula is C26H23ClF3N5O3. The quantitative estimate of drug-likeness (QED) is 0.357. The molecule has 8 nitrogen and oxygen atoms in total. The summed E-state index contributed by atoms with van der Waals surface area (Å²) in [5.41, 5.74) is -1.09. The van der Waals surface area contributed by atoms with E-state index in [-0.39, 0.29) is 11.5 Å². The number of hydrogen-bond acceptors (Lipinski definition) is 7. The Bertz CT molecular complexity index is 1600. The largest absolute Gasteiger partial charge is 0.447 e. The van der Waals surface area contributed by atoms with Crippen molar-refractivity contribution in [2.45, 2.75) is 46.3 Å².